The molecule has 0 aliphatic carbocycles. The summed E-state index contributed by atoms with van der Waals surface area (Å²) in [5.74, 6) is -0.518. The van der Waals surface area contributed by atoms with Crippen LogP contribution in [0.1, 0.15) is 35.6 Å². The molecule has 0 fully saturated rings. The minimum Gasteiger partial charge on any atom is -0.385 e. The Morgan fingerprint density at radius 3 is 1.83 bits per heavy atom. The lowest BCUT2D eigenvalue weighted by molar-refractivity contribution is -0.143. The molecule has 0 heterocycles. The number of rotatable bonds is 6. The van der Waals surface area contributed by atoms with E-state index in [2.05, 4.69) is 0 Å². The van der Waals surface area contributed by atoms with Crippen LogP contribution in [0.2, 0.25) is 0 Å². The maximum absolute atomic E-state index is 13.0. The molecule has 0 aromatic heterocycles. The number of alkyl halides is 6. The quantitative estimate of drug-likeness (QED) is 0.508. The Morgan fingerprint density at radius 1 is 0.897 bits per heavy atom. The highest BCUT2D eigenvalue weighted by molar-refractivity contribution is 5.33. The van der Waals surface area contributed by atoms with Crippen molar-refractivity contribution in [1.82, 2.24) is 0 Å². The molecule has 160 valence electrons. The number of aliphatic hydroxyl groups is 1. The van der Waals surface area contributed by atoms with Gasteiger partial charge in [0.1, 0.15) is 12.0 Å². The van der Waals surface area contributed by atoms with Gasteiger partial charge in [-0.15, -0.1) is 0 Å². The second-order valence-electron chi connectivity index (χ2n) is 6.75. The Kier molecular flexibility index (Phi) is 6.61. The summed E-state index contributed by atoms with van der Waals surface area (Å²) in [5, 5.41) is 10.5. The zero-order chi connectivity index (χ0) is 22.0. The Hall–Kier alpha value is -2.17. The minimum absolute atomic E-state index is 0.0166. The molecule has 10 heteroatoms. The Morgan fingerprint density at radius 2 is 1.38 bits per heavy atom. The molecule has 2 unspecified atom stereocenters. The molecule has 0 radical (unpaired) electrons. The average molecular weight is 425 g/mol. The standard InChI is InChI=1S/C19H18F7NO2/c1-17(28,12-2-4-15(20)5-3-12)9-16(27)29-10-11-6-13(18(21,22)23)8-14(7-11)19(24,25)26/h2-8,16,28H,9-10,27H2,1H3. The summed E-state index contributed by atoms with van der Waals surface area (Å²) < 4.78 is 95.4. The average Bonchev–Trinajstić information content (AvgIpc) is 2.58. The Labute approximate surface area is 161 Å². The fraction of sp³-hybridized carbons (Fsp3) is 0.368. The van der Waals surface area contributed by atoms with E-state index in [1.807, 2.05) is 0 Å². The summed E-state index contributed by atoms with van der Waals surface area (Å²) in [6.45, 7) is 0.739. The van der Waals surface area contributed by atoms with E-state index in [0.29, 0.717) is 17.7 Å². The molecule has 0 spiro atoms. The first-order valence-electron chi connectivity index (χ1n) is 8.32. The zero-order valence-corrected chi connectivity index (χ0v) is 15.1. The van der Waals surface area contributed by atoms with Gasteiger partial charge in [0.05, 0.1) is 23.3 Å². The monoisotopic (exact) mass is 425 g/mol. The normalized spacial score (nSPS) is 15.8. The van der Waals surface area contributed by atoms with Crippen molar-refractivity contribution in [1.29, 1.82) is 0 Å². The first kappa shape index (κ1) is 23.1. The fourth-order valence-electron chi connectivity index (χ4n) is 2.68. The van der Waals surface area contributed by atoms with Crippen molar-refractivity contribution >= 4 is 0 Å². The summed E-state index contributed by atoms with van der Waals surface area (Å²) in [4.78, 5) is 0. The first-order valence-corrected chi connectivity index (χ1v) is 8.32. The van der Waals surface area contributed by atoms with Crippen molar-refractivity contribution < 1.29 is 40.6 Å². The van der Waals surface area contributed by atoms with E-state index in [1.54, 1.807) is 0 Å². The molecule has 3 N–H and O–H groups in total. The topological polar surface area (TPSA) is 55.5 Å². The third kappa shape index (κ3) is 6.41. The maximum Gasteiger partial charge on any atom is 0.416 e. The SMILES string of the molecule is CC(O)(CC(N)OCc1cc(C(F)(F)F)cc(C(F)(F)F)c1)c1ccc(F)cc1. The van der Waals surface area contributed by atoms with Crippen LogP contribution in [-0.2, 0) is 29.3 Å². The fourth-order valence-corrected chi connectivity index (χ4v) is 2.68. The molecule has 0 bridgehead atoms. The molecule has 29 heavy (non-hydrogen) atoms. The Balaban J connectivity index is 2.13. The lowest BCUT2D eigenvalue weighted by atomic mass is 9.92. The summed E-state index contributed by atoms with van der Waals surface area (Å²) in [6, 6.07) is 5.99. The van der Waals surface area contributed by atoms with Crippen molar-refractivity contribution in [3.05, 3.63) is 70.5 Å². The minimum atomic E-state index is -4.97. The van der Waals surface area contributed by atoms with Crippen LogP contribution in [0.4, 0.5) is 30.7 Å². The molecule has 0 amide bonds. The third-order valence-corrected chi connectivity index (χ3v) is 4.18. The van der Waals surface area contributed by atoms with Crippen LogP contribution in [0.5, 0.6) is 0 Å². The smallest absolute Gasteiger partial charge is 0.385 e. The summed E-state index contributed by atoms with van der Waals surface area (Å²) in [6.07, 6.45) is -11.4. The molecule has 2 atom stereocenters. The molecule has 0 saturated heterocycles. The molecule has 3 nitrogen and oxygen atoms in total. The van der Waals surface area contributed by atoms with Crippen LogP contribution in [0, 0.1) is 5.82 Å². The van der Waals surface area contributed by atoms with Gasteiger partial charge in [-0.1, -0.05) is 12.1 Å². The van der Waals surface area contributed by atoms with Gasteiger partial charge in [-0.2, -0.15) is 26.3 Å². The van der Waals surface area contributed by atoms with Crippen LogP contribution >= 0.6 is 0 Å². The van der Waals surface area contributed by atoms with E-state index < -0.39 is 47.7 Å². The molecule has 2 aromatic rings. The van der Waals surface area contributed by atoms with Gasteiger partial charge in [0, 0.05) is 6.42 Å². The van der Waals surface area contributed by atoms with Gasteiger partial charge in [0.25, 0.3) is 0 Å². The highest BCUT2D eigenvalue weighted by Crippen LogP contribution is 2.36. The van der Waals surface area contributed by atoms with Crippen molar-refractivity contribution in [3.63, 3.8) is 0 Å². The van der Waals surface area contributed by atoms with E-state index in [4.69, 9.17) is 10.5 Å². The van der Waals surface area contributed by atoms with Crippen LogP contribution in [-0.4, -0.2) is 11.3 Å². The molecular weight excluding hydrogens is 407 g/mol. The van der Waals surface area contributed by atoms with Crippen LogP contribution < -0.4 is 5.73 Å². The third-order valence-electron chi connectivity index (χ3n) is 4.18. The number of benzene rings is 2. The number of halogens is 7. The van der Waals surface area contributed by atoms with Gasteiger partial charge in [0.2, 0.25) is 0 Å². The van der Waals surface area contributed by atoms with Crippen molar-refractivity contribution in [2.24, 2.45) is 5.73 Å². The molecule has 0 aliphatic heterocycles. The van der Waals surface area contributed by atoms with Gasteiger partial charge >= 0.3 is 12.4 Å². The van der Waals surface area contributed by atoms with Crippen molar-refractivity contribution in [2.45, 2.75) is 44.1 Å². The predicted octanol–water partition coefficient (Wildman–Crippen LogP) is 4.96. The summed E-state index contributed by atoms with van der Waals surface area (Å²) in [5.41, 5.74) is 1.19. The number of hydrogen-bond donors (Lipinski definition) is 2. The zero-order valence-electron chi connectivity index (χ0n) is 15.1. The number of ether oxygens (including phenoxy) is 1. The van der Waals surface area contributed by atoms with Gasteiger partial charge in [-0.05, 0) is 48.4 Å². The van der Waals surface area contributed by atoms with Gasteiger partial charge in [0.15, 0.2) is 0 Å². The van der Waals surface area contributed by atoms with Crippen molar-refractivity contribution in [3.8, 4) is 0 Å². The largest absolute Gasteiger partial charge is 0.416 e. The van der Waals surface area contributed by atoms with Crippen LogP contribution in [0.15, 0.2) is 42.5 Å². The second kappa shape index (κ2) is 8.29. The molecule has 2 aromatic carbocycles. The van der Waals surface area contributed by atoms with Crippen LogP contribution in [0.25, 0.3) is 0 Å². The first-order chi connectivity index (χ1) is 13.2. The van der Waals surface area contributed by atoms with E-state index >= 15 is 0 Å². The summed E-state index contributed by atoms with van der Waals surface area (Å²) >= 11 is 0. The predicted molar refractivity (Wildman–Crippen MR) is 89.8 cm³/mol. The van der Waals surface area contributed by atoms with Gasteiger partial charge in [-0.25, -0.2) is 4.39 Å². The molecule has 0 saturated carbocycles. The lowest BCUT2D eigenvalue weighted by Gasteiger charge is -2.27. The van der Waals surface area contributed by atoms with E-state index in [1.165, 1.54) is 19.1 Å². The van der Waals surface area contributed by atoms with E-state index in [0.717, 1.165) is 12.1 Å². The van der Waals surface area contributed by atoms with Gasteiger partial charge < -0.3 is 15.6 Å². The number of nitrogens with two attached hydrogens (primary N) is 1. The van der Waals surface area contributed by atoms with E-state index in [9.17, 15) is 35.8 Å². The molecule has 0 aliphatic rings. The van der Waals surface area contributed by atoms with Crippen LogP contribution in [0.3, 0.4) is 0 Å². The highest BCUT2D eigenvalue weighted by atomic mass is 19.4. The Bertz CT molecular complexity index is 798. The summed E-state index contributed by atoms with van der Waals surface area (Å²) in [7, 11) is 0. The van der Waals surface area contributed by atoms with Gasteiger partial charge in [-0.3, -0.25) is 0 Å². The lowest BCUT2D eigenvalue weighted by Crippen LogP contribution is -2.34. The molecular formula is C19H18F7NO2. The van der Waals surface area contributed by atoms with E-state index in [-0.39, 0.29) is 18.1 Å². The highest BCUT2D eigenvalue weighted by Gasteiger charge is 2.37. The maximum atomic E-state index is 13.0. The molecule has 2 rings (SSSR count). The number of hydrogen-bond acceptors (Lipinski definition) is 3. The van der Waals surface area contributed by atoms with Crippen molar-refractivity contribution in [2.75, 3.05) is 0 Å². The second-order valence-corrected chi connectivity index (χ2v) is 6.75.